The second-order valence-electron chi connectivity index (χ2n) is 3.81. The number of nitrogens with one attached hydrogen (secondary N) is 2. The number of tetrazole rings is 1. The minimum atomic E-state index is 0.115. The Morgan fingerprint density at radius 1 is 1.39 bits per heavy atom. The lowest BCUT2D eigenvalue weighted by molar-refractivity contribution is 0.242. The summed E-state index contributed by atoms with van der Waals surface area (Å²) in [5.74, 6) is 1.10. The number of nitrogens with zero attached hydrogens (tertiary/aromatic N) is 4. The maximum atomic E-state index is 5.66. The number of hydrogen-bond donors (Lipinski definition) is 2. The number of ether oxygens (including phenoxy) is 1. The van der Waals surface area contributed by atoms with Crippen molar-refractivity contribution in [2.24, 2.45) is 5.10 Å². The Hall–Kier alpha value is -2.44. The van der Waals surface area contributed by atoms with Gasteiger partial charge in [0.1, 0.15) is 5.75 Å². The quantitative estimate of drug-likeness (QED) is 0.615. The van der Waals surface area contributed by atoms with Gasteiger partial charge >= 0.3 is 0 Å². The van der Waals surface area contributed by atoms with Crippen LogP contribution in [0.3, 0.4) is 0 Å². The highest BCUT2D eigenvalue weighted by molar-refractivity contribution is 5.83. The monoisotopic (exact) mass is 246 g/mol. The molecular weight excluding hydrogens is 232 g/mol. The molecular formula is C11H14N6O. The molecule has 0 atom stereocenters. The molecule has 94 valence electrons. The van der Waals surface area contributed by atoms with Gasteiger partial charge in [-0.25, -0.2) is 5.43 Å². The van der Waals surface area contributed by atoms with E-state index in [1.807, 2.05) is 38.1 Å². The molecule has 18 heavy (non-hydrogen) atoms. The fraction of sp³-hybridized carbons (Fsp3) is 0.273. The summed E-state index contributed by atoms with van der Waals surface area (Å²) in [6.07, 6.45) is 1.76. The van der Waals surface area contributed by atoms with Gasteiger partial charge in [-0.2, -0.15) is 10.3 Å². The summed E-state index contributed by atoms with van der Waals surface area (Å²) in [6, 6.07) is 7.65. The minimum absolute atomic E-state index is 0.115. The number of rotatable bonds is 5. The number of aromatic amines is 1. The van der Waals surface area contributed by atoms with Crippen molar-refractivity contribution in [3.63, 3.8) is 0 Å². The van der Waals surface area contributed by atoms with Gasteiger partial charge in [-0.15, -0.1) is 5.10 Å². The number of para-hydroxylation sites is 1. The number of benzene rings is 1. The zero-order valence-corrected chi connectivity index (χ0v) is 10.2. The van der Waals surface area contributed by atoms with Crippen molar-refractivity contribution in [2.75, 3.05) is 5.43 Å². The van der Waals surface area contributed by atoms with Gasteiger partial charge in [0.2, 0.25) is 0 Å². The second kappa shape index (κ2) is 5.76. The Bertz CT molecular complexity index is 508. The lowest BCUT2D eigenvalue weighted by Crippen LogP contribution is -2.07. The third-order valence-electron chi connectivity index (χ3n) is 2.00. The smallest absolute Gasteiger partial charge is 0.283 e. The molecule has 0 fully saturated rings. The van der Waals surface area contributed by atoms with E-state index in [-0.39, 0.29) is 6.10 Å². The maximum absolute atomic E-state index is 5.66. The first kappa shape index (κ1) is 12.0. The number of aromatic nitrogens is 4. The maximum Gasteiger partial charge on any atom is 0.283 e. The molecule has 2 rings (SSSR count). The van der Waals surface area contributed by atoms with Gasteiger partial charge in [0, 0.05) is 5.56 Å². The van der Waals surface area contributed by atoms with Crippen molar-refractivity contribution in [3.8, 4) is 5.75 Å². The van der Waals surface area contributed by atoms with Crippen LogP contribution in [-0.4, -0.2) is 32.9 Å². The van der Waals surface area contributed by atoms with Gasteiger partial charge in [-0.05, 0) is 31.2 Å². The number of hydrazone groups is 1. The van der Waals surface area contributed by atoms with Crippen molar-refractivity contribution in [2.45, 2.75) is 20.0 Å². The minimum Gasteiger partial charge on any atom is -0.490 e. The standard InChI is InChI=1S/C11H14N6O/c1-8(2)18-10-6-4-3-5-9(10)7-12-13-11-14-16-17-15-11/h3-8H,1-2H3,(H2,13,14,15,16,17). The molecule has 0 saturated carbocycles. The normalized spacial score (nSPS) is 11.1. The fourth-order valence-corrected chi connectivity index (χ4v) is 1.32. The molecule has 1 heterocycles. The highest BCUT2D eigenvalue weighted by Crippen LogP contribution is 2.17. The summed E-state index contributed by atoms with van der Waals surface area (Å²) in [5, 5.41) is 17.2. The third-order valence-corrected chi connectivity index (χ3v) is 2.00. The first-order valence-corrected chi connectivity index (χ1v) is 5.54. The van der Waals surface area contributed by atoms with Crippen LogP contribution in [0.1, 0.15) is 19.4 Å². The molecule has 2 N–H and O–H groups in total. The van der Waals surface area contributed by atoms with Crippen molar-refractivity contribution in [1.29, 1.82) is 0 Å². The number of anilines is 1. The largest absolute Gasteiger partial charge is 0.490 e. The van der Waals surface area contributed by atoms with Crippen LogP contribution in [0.5, 0.6) is 5.75 Å². The Labute approximate surface area is 104 Å². The molecule has 0 aliphatic carbocycles. The van der Waals surface area contributed by atoms with Crippen LogP contribution < -0.4 is 10.2 Å². The van der Waals surface area contributed by atoms with Crippen molar-refractivity contribution in [3.05, 3.63) is 29.8 Å². The van der Waals surface area contributed by atoms with Gasteiger partial charge in [-0.1, -0.05) is 17.2 Å². The summed E-state index contributed by atoms with van der Waals surface area (Å²) < 4.78 is 5.66. The Balaban J connectivity index is 2.06. The Morgan fingerprint density at radius 2 is 2.22 bits per heavy atom. The molecule has 0 saturated heterocycles. The molecule has 0 amide bonds. The van der Waals surface area contributed by atoms with E-state index in [4.69, 9.17) is 4.74 Å². The second-order valence-corrected chi connectivity index (χ2v) is 3.81. The summed E-state index contributed by atoms with van der Waals surface area (Å²) in [4.78, 5) is 0. The van der Waals surface area contributed by atoms with Gasteiger partial charge in [0.15, 0.2) is 0 Å². The van der Waals surface area contributed by atoms with Crippen molar-refractivity contribution >= 4 is 12.2 Å². The molecule has 0 aliphatic rings. The summed E-state index contributed by atoms with van der Waals surface area (Å²) in [5.41, 5.74) is 3.53. The molecule has 7 heteroatoms. The van der Waals surface area contributed by atoms with E-state index in [2.05, 4.69) is 31.2 Å². The molecule has 0 radical (unpaired) electrons. The average Bonchev–Trinajstić information content (AvgIpc) is 2.84. The lowest BCUT2D eigenvalue weighted by Gasteiger charge is -2.11. The zero-order chi connectivity index (χ0) is 12.8. The molecule has 0 unspecified atom stereocenters. The topological polar surface area (TPSA) is 88.1 Å². The molecule has 0 aliphatic heterocycles. The van der Waals surface area contributed by atoms with Crippen LogP contribution in [0.4, 0.5) is 5.95 Å². The first-order chi connectivity index (χ1) is 8.75. The third kappa shape index (κ3) is 3.27. The molecule has 0 spiro atoms. The highest BCUT2D eigenvalue weighted by atomic mass is 16.5. The van der Waals surface area contributed by atoms with Crippen LogP contribution >= 0.6 is 0 Å². The van der Waals surface area contributed by atoms with E-state index in [1.165, 1.54) is 0 Å². The van der Waals surface area contributed by atoms with Gasteiger partial charge in [0.05, 0.1) is 12.3 Å². The van der Waals surface area contributed by atoms with Crippen LogP contribution in [0.2, 0.25) is 0 Å². The SMILES string of the molecule is CC(C)Oc1ccccc1C=NNc1nn[nH]n1. The predicted molar refractivity (Wildman–Crippen MR) is 67.6 cm³/mol. The van der Waals surface area contributed by atoms with E-state index in [9.17, 15) is 0 Å². The van der Waals surface area contributed by atoms with Gasteiger partial charge in [0.25, 0.3) is 5.95 Å². The van der Waals surface area contributed by atoms with Crippen molar-refractivity contribution in [1.82, 2.24) is 20.6 Å². The van der Waals surface area contributed by atoms with E-state index in [0.29, 0.717) is 5.95 Å². The van der Waals surface area contributed by atoms with Gasteiger partial charge < -0.3 is 4.74 Å². The van der Waals surface area contributed by atoms with Crippen LogP contribution in [0.25, 0.3) is 0 Å². The molecule has 1 aromatic carbocycles. The molecule has 0 bridgehead atoms. The molecule has 1 aromatic heterocycles. The number of H-pyrrole nitrogens is 1. The van der Waals surface area contributed by atoms with Gasteiger partial charge in [-0.3, -0.25) is 0 Å². The number of hydrogen-bond acceptors (Lipinski definition) is 6. The van der Waals surface area contributed by atoms with Crippen LogP contribution in [0.15, 0.2) is 29.4 Å². The highest BCUT2D eigenvalue weighted by Gasteiger charge is 2.02. The zero-order valence-electron chi connectivity index (χ0n) is 10.2. The molecule has 7 nitrogen and oxygen atoms in total. The van der Waals surface area contributed by atoms with Crippen LogP contribution in [0, 0.1) is 0 Å². The molecule has 2 aromatic rings. The van der Waals surface area contributed by atoms with E-state index < -0.39 is 0 Å². The Kier molecular flexibility index (Phi) is 3.85. The first-order valence-electron chi connectivity index (χ1n) is 5.54. The predicted octanol–water partition coefficient (Wildman–Crippen LogP) is 1.43. The Morgan fingerprint density at radius 3 is 2.94 bits per heavy atom. The summed E-state index contributed by atoms with van der Waals surface area (Å²) >= 11 is 0. The fourth-order valence-electron chi connectivity index (χ4n) is 1.32. The average molecular weight is 246 g/mol. The van der Waals surface area contributed by atoms with E-state index in [0.717, 1.165) is 11.3 Å². The van der Waals surface area contributed by atoms with Crippen molar-refractivity contribution < 1.29 is 4.74 Å². The van der Waals surface area contributed by atoms with Crippen LogP contribution in [-0.2, 0) is 0 Å². The summed E-state index contributed by atoms with van der Waals surface area (Å²) in [6.45, 7) is 3.96. The van der Waals surface area contributed by atoms with E-state index in [1.54, 1.807) is 6.21 Å². The summed E-state index contributed by atoms with van der Waals surface area (Å²) in [7, 11) is 0. The van der Waals surface area contributed by atoms with E-state index >= 15 is 0 Å². The lowest BCUT2D eigenvalue weighted by atomic mass is 10.2.